The SMILES string of the molecule is COc1ccc(CNC(=O)c2nnn3c2c(=O)[nH]c2ccccc23)cc1OC. The second-order valence-corrected chi connectivity index (χ2v) is 6.04. The third-order valence-corrected chi connectivity index (χ3v) is 4.38. The largest absolute Gasteiger partial charge is 0.493 e. The highest BCUT2D eigenvalue weighted by molar-refractivity contribution is 5.99. The van der Waals surface area contributed by atoms with Crippen LogP contribution in [0.3, 0.4) is 0 Å². The number of nitrogens with zero attached hydrogens (tertiary/aromatic N) is 3. The van der Waals surface area contributed by atoms with Crippen LogP contribution in [0, 0.1) is 0 Å². The fourth-order valence-corrected chi connectivity index (χ4v) is 3.01. The van der Waals surface area contributed by atoms with Gasteiger partial charge in [-0.2, -0.15) is 0 Å². The summed E-state index contributed by atoms with van der Waals surface area (Å²) in [6, 6.07) is 12.5. The van der Waals surface area contributed by atoms with E-state index in [1.165, 1.54) is 4.52 Å². The summed E-state index contributed by atoms with van der Waals surface area (Å²) in [6.07, 6.45) is 0. The summed E-state index contributed by atoms with van der Waals surface area (Å²) in [7, 11) is 3.09. The van der Waals surface area contributed by atoms with Crippen LogP contribution in [0.4, 0.5) is 0 Å². The van der Waals surface area contributed by atoms with E-state index in [2.05, 4.69) is 20.6 Å². The van der Waals surface area contributed by atoms with E-state index >= 15 is 0 Å². The molecule has 9 heteroatoms. The number of amides is 1. The molecule has 0 aliphatic carbocycles. The van der Waals surface area contributed by atoms with Crippen molar-refractivity contribution in [3.63, 3.8) is 0 Å². The standard InChI is InChI=1S/C19H17N5O4/c1-27-14-8-7-11(9-15(14)28-2)10-20-18(25)16-17-19(26)21-12-5-3-4-6-13(12)24(17)23-22-16/h3-9H,10H2,1-2H3,(H,20,25)(H,21,26). The minimum atomic E-state index is -0.495. The lowest BCUT2D eigenvalue weighted by atomic mass is 10.2. The summed E-state index contributed by atoms with van der Waals surface area (Å²) in [6.45, 7) is 0.226. The zero-order chi connectivity index (χ0) is 19.7. The molecule has 0 unspecified atom stereocenters. The van der Waals surface area contributed by atoms with Gasteiger partial charge < -0.3 is 19.8 Å². The quantitative estimate of drug-likeness (QED) is 0.544. The van der Waals surface area contributed by atoms with Gasteiger partial charge in [0.2, 0.25) is 0 Å². The number of nitrogens with one attached hydrogen (secondary N) is 2. The first-order valence-corrected chi connectivity index (χ1v) is 8.48. The van der Waals surface area contributed by atoms with Gasteiger partial charge in [-0.25, -0.2) is 4.52 Å². The van der Waals surface area contributed by atoms with Crippen molar-refractivity contribution in [3.8, 4) is 11.5 Å². The van der Waals surface area contributed by atoms with Crippen molar-refractivity contribution in [2.24, 2.45) is 0 Å². The molecule has 4 aromatic rings. The predicted octanol–water partition coefficient (Wildman–Crippen LogP) is 1.52. The number of aromatic nitrogens is 4. The van der Waals surface area contributed by atoms with Crippen LogP contribution in [0.25, 0.3) is 16.6 Å². The number of carbonyl (C=O) groups excluding carboxylic acids is 1. The molecular weight excluding hydrogens is 362 g/mol. The Labute approximate surface area is 158 Å². The third-order valence-electron chi connectivity index (χ3n) is 4.38. The van der Waals surface area contributed by atoms with Crippen LogP contribution in [-0.4, -0.2) is 39.9 Å². The van der Waals surface area contributed by atoms with Crippen molar-refractivity contribution in [1.82, 2.24) is 25.1 Å². The Hall–Kier alpha value is -3.88. The molecule has 9 nitrogen and oxygen atoms in total. The number of methoxy groups -OCH3 is 2. The van der Waals surface area contributed by atoms with E-state index in [0.29, 0.717) is 22.5 Å². The Kier molecular flexibility index (Phi) is 4.40. The molecule has 0 bridgehead atoms. The number of rotatable bonds is 5. The van der Waals surface area contributed by atoms with Gasteiger partial charge in [0.25, 0.3) is 11.5 Å². The summed E-state index contributed by atoms with van der Waals surface area (Å²) in [5, 5.41) is 10.7. The van der Waals surface area contributed by atoms with E-state index in [1.54, 1.807) is 44.6 Å². The van der Waals surface area contributed by atoms with Crippen molar-refractivity contribution < 1.29 is 14.3 Å². The van der Waals surface area contributed by atoms with Gasteiger partial charge >= 0.3 is 0 Å². The molecule has 0 saturated carbocycles. The van der Waals surface area contributed by atoms with Crippen LogP contribution in [-0.2, 0) is 6.54 Å². The van der Waals surface area contributed by atoms with Crippen molar-refractivity contribution in [2.75, 3.05) is 14.2 Å². The Bertz CT molecular complexity index is 1240. The molecule has 0 saturated heterocycles. The average molecular weight is 379 g/mol. The van der Waals surface area contributed by atoms with Gasteiger partial charge in [0.15, 0.2) is 22.7 Å². The predicted molar refractivity (Wildman–Crippen MR) is 102 cm³/mol. The van der Waals surface area contributed by atoms with E-state index in [4.69, 9.17) is 9.47 Å². The molecular formula is C19H17N5O4. The van der Waals surface area contributed by atoms with Crippen molar-refractivity contribution in [2.45, 2.75) is 6.54 Å². The molecule has 2 aromatic heterocycles. The highest BCUT2D eigenvalue weighted by Gasteiger charge is 2.19. The Balaban J connectivity index is 1.63. The molecule has 0 spiro atoms. The van der Waals surface area contributed by atoms with Crippen LogP contribution in [0.5, 0.6) is 11.5 Å². The van der Waals surface area contributed by atoms with E-state index in [9.17, 15) is 9.59 Å². The van der Waals surface area contributed by atoms with Gasteiger partial charge in [0.05, 0.1) is 25.3 Å². The number of ether oxygens (including phenoxy) is 2. The average Bonchev–Trinajstić information content (AvgIpc) is 3.18. The first kappa shape index (κ1) is 17.5. The van der Waals surface area contributed by atoms with Crippen LogP contribution in [0.1, 0.15) is 16.1 Å². The summed E-state index contributed by atoms with van der Waals surface area (Å²) < 4.78 is 11.8. The van der Waals surface area contributed by atoms with E-state index < -0.39 is 11.5 Å². The van der Waals surface area contributed by atoms with Crippen LogP contribution in [0.15, 0.2) is 47.3 Å². The highest BCUT2D eigenvalue weighted by atomic mass is 16.5. The van der Waals surface area contributed by atoms with Crippen molar-refractivity contribution >= 4 is 22.5 Å². The monoisotopic (exact) mass is 379 g/mol. The number of benzene rings is 2. The number of fused-ring (bicyclic) bond motifs is 3. The Morgan fingerprint density at radius 2 is 1.93 bits per heavy atom. The second kappa shape index (κ2) is 7.03. The van der Waals surface area contributed by atoms with Gasteiger partial charge in [0, 0.05) is 6.54 Å². The zero-order valence-electron chi connectivity index (χ0n) is 15.2. The Morgan fingerprint density at radius 3 is 2.71 bits per heavy atom. The van der Waals surface area contributed by atoms with Crippen LogP contribution in [0.2, 0.25) is 0 Å². The zero-order valence-corrected chi connectivity index (χ0v) is 15.2. The lowest BCUT2D eigenvalue weighted by molar-refractivity contribution is 0.0947. The maximum atomic E-state index is 12.6. The lowest BCUT2D eigenvalue weighted by Crippen LogP contribution is -2.25. The number of hydrogen-bond acceptors (Lipinski definition) is 6. The summed E-state index contributed by atoms with van der Waals surface area (Å²) in [4.78, 5) is 27.8. The molecule has 2 N–H and O–H groups in total. The molecule has 2 aromatic carbocycles. The molecule has 142 valence electrons. The van der Waals surface area contributed by atoms with Crippen molar-refractivity contribution in [3.05, 3.63) is 64.1 Å². The molecule has 2 heterocycles. The first-order chi connectivity index (χ1) is 13.6. The highest BCUT2D eigenvalue weighted by Crippen LogP contribution is 2.27. The van der Waals surface area contributed by atoms with Gasteiger partial charge in [-0.15, -0.1) is 5.10 Å². The van der Waals surface area contributed by atoms with Gasteiger partial charge in [-0.3, -0.25) is 9.59 Å². The fourth-order valence-electron chi connectivity index (χ4n) is 3.01. The number of aromatic amines is 1. The summed E-state index contributed by atoms with van der Waals surface area (Å²) in [5.41, 5.74) is 1.71. The third kappa shape index (κ3) is 2.92. The maximum Gasteiger partial charge on any atom is 0.277 e. The minimum absolute atomic E-state index is 0.0347. The van der Waals surface area contributed by atoms with Crippen LogP contribution < -0.4 is 20.3 Å². The molecule has 0 fully saturated rings. The van der Waals surface area contributed by atoms with Gasteiger partial charge in [-0.05, 0) is 29.8 Å². The maximum absolute atomic E-state index is 12.6. The van der Waals surface area contributed by atoms with Crippen LogP contribution >= 0.6 is 0 Å². The molecule has 0 atom stereocenters. The van der Waals surface area contributed by atoms with E-state index in [0.717, 1.165) is 5.56 Å². The molecule has 0 aliphatic heterocycles. The lowest BCUT2D eigenvalue weighted by Gasteiger charge is -2.10. The number of H-pyrrole nitrogens is 1. The second-order valence-electron chi connectivity index (χ2n) is 6.04. The van der Waals surface area contributed by atoms with Gasteiger partial charge in [0.1, 0.15) is 0 Å². The number of para-hydroxylation sites is 2. The molecule has 1 amide bonds. The minimum Gasteiger partial charge on any atom is -0.493 e. The Morgan fingerprint density at radius 1 is 1.14 bits per heavy atom. The number of hydrogen-bond donors (Lipinski definition) is 2. The molecule has 28 heavy (non-hydrogen) atoms. The summed E-state index contributed by atoms with van der Waals surface area (Å²) in [5.74, 6) is 0.664. The smallest absolute Gasteiger partial charge is 0.277 e. The van der Waals surface area contributed by atoms with Crippen molar-refractivity contribution in [1.29, 1.82) is 0 Å². The molecule has 0 aliphatic rings. The fraction of sp³-hybridized carbons (Fsp3) is 0.158. The topological polar surface area (TPSA) is 111 Å². The first-order valence-electron chi connectivity index (χ1n) is 8.48. The van der Waals surface area contributed by atoms with Gasteiger partial charge in [-0.1, -0.05) is 23.4 Å². The molecule has 4 rings (SSSR count). The normalized spacial score (nSPS) is 10.9. The number of carbonyl (C=O) groups is 1. The molecule has 0 radical (unpaired) electrons. The van der Waals surface area contributed by atoms with E-state index in [1.807, 2.05) is 12.1 Å². The van der Waals surface area contributed by atoms with E-state index in [-0.39, 0.29) is 17.8 Å². The summed E-state index contributed by atoms with van der Waals surface area (Å²) >= 11 is 0.